The molecule has 1 unspecified atom stereocenters. The molecule has 1 amide bonds. The summed E-state index contributed by atoms with van der Waals surface area (Å²) >= 11 is 0. The molecule has 0 aliphatic carbocycles. The molecule has 0 saturated carbocycles. The van der Waals surface area contributed by atoms with E-state index in [0.717, 1.165) is 0 Å². The van der Waals surface area contributed by atoms with Crippen molar-refractivity contribution >= 4 is 5.91 Å². The van der Waals surface area contributed by atoms with Crippen molar-refractivity contribution in [3.8, 4) is 0 Å². The van der Waals surface area contributed by atoms with Crippen LogP contribution in [0.4, 0.5) is 0 Å². The lowest BCUT2D eigenvalue weighted by molar-refractivity contribution is -0.121. The summed E-state index contributed by atoms with van der Waals surface area (Å²) in [5, 5.41) is 3.11. The van der Waals surface area contributed by atoms with Crippen molar-refractivity contribution < 1.29 is 9.53 Å². The van der Waals surface area contributed by atoms with Crippen molar-refractivity contribution in [2.75, 3.05) is 6.61 Å². The molecule has 15 heavy (non-hydrogen) atoms. The Bertz CT molecular complexity index is 197. The van der Waals surface area contributed by atoms with Crippen molar-refractivity contribution in [1.29, 1.82) is 0 Å². The van der Waals surface area contributed by atoms with Gasteiger partial charge in [-0.05, 0) is 27.2 Å². The van der Waals surface area contributed by atoms with E-state index >= 15 is 0 Å². The zero-order chi connectivity index (χ0) is 12.1. The predicted octanol–water partition coefficient (Wildman–Crippen LogP) is 1.04. The maximum absolute atomic E-state index is 11.1. The number of nitrogens with one attached hydrogen (secondary N) is 1. The van der Waals surface area contributed by atoms with Gasteiger partial charge < -0.3 is 15.8 Å². The summed E-state index contributed by atoms with van der Waals surface area (Å²) in [5.41, 5.74) is 5.11. The van der Waals surface area contributed by atoms with Gasteiger partial charge in [-0.25, -0.2) is 0 Å². The lowest BCUT2D eigenvalue weighted by atomic mass is 10.1. The lowest BCUT2D eigenvalue weighted by Gasteiger charge is -2.22. The Morgan fingerprint density at radius 1 is 1.40 bits per heavy atom. The molecular formula is C11H24N2O2. The Morgan fingerprint density at radius 3 is 2.27 bits per heavy atom. The van der Waals surface area contributed by atoms with Crippen LogP contribution in [0.25, 0.3) is 0 Å². The molecule has 0 aliphatic rings. The highest BCUT2D eigenvalue weighted by molar-refractivity contribution is 5.79. The molecule has 0 heterocycles. The van der Waals surface area contributed by atoms with Crippen LogP contribution in [-0.2, 0) is 9.53 Å². The molecule has 0 aromatic rings. The van der Waals surface area contributed by atoms with Gasteiger partial charge in [-0.2, -0.15) is 0 Å². The first-order valence-corrected chi connectivity index (χ1v) is 5.41. The standard InChI is InChI=1S/C11H24N2O2/c1-8(2)13-9(10(12)14)6-7-15-11(3,4)5/h8-9,13H,6-7H2,1-5H3,(H2,12,14). The van der Waals surface area contributed by atoms with Gasteiger partial charge in [-0.1, -0.05) is 13.8 Å². The summed E-state index contributed by atoms with van der Waals surface area (Å²) in [7, 11) is 0. The molecule has 0 aliphatic heterocycles. The van der Waals surface area contributed by atoms with Crippen LogP contribution in [0.5, 0.6) is 0 Å². The van der Waals surface area contributed by atoms with E-state index in [1.807, 2.05) is 34.6 Å². The Balaban J connectivity index is 3.92. The Morgan fingerprint density at radius 2 is 1.93 bits per heavy atom. The first kappa shape index (κ1) is 14.4. The van der Waals surface area contributed by atoms with Crippen LogP contribution in [0.3, 0.4) is 0 Å². The summed E-state index contributed by atoms with van der Waals surface area (Å²) in [6.45, 7) is 10.5. The fourth-order valence-electron chi connectivity index (χ4n) is 1.19. The predicted molar refractivity (Wildman–Crippen MR) is 61.6 cm³/mol. The van der Waals surface area contributed by atoms with Gasteiger partial charge in [0.1, 0.15) is 0 Å². The SMILES string of the molecule is CC(C)NC(CCOC(C)(C)C)C(N)=O. The van der Waals surface area contributed by atoms with Gasteiger partial charge in [-0.3, -0.25) is 4.79 Å². The van der Waals surface area contributed by atoms with E-state index in [9.17, 15) is 4.79 Å². The zero-order valence-corrected chi connectivity index (χ0v) is 10.5. The topological polar surface area (TPSA) is 64.3 Å². The van der Waals surface area contributed by atoms with Crippen LogP contribution in [0.1, 0.15) is 41.0 Å². The fourth-order valence-corrected chi connectivity index (χ4v) is 1.19. The number of hydrogen-bond donors (Lipinski definition) is 2. The normalized spacial score (nSPS) is 14.3. The van der Waals surface area contributed by atoms with Gasteiger partial charge in [0, 0.05) is 12.6 Å². The van der Waals surface area contributed by atoms with Crippen LogP contribution in [0, 0.1) is 0 Å². The zero-order valence-electron chi connectivity index (χ0n) is 10.5. The van der Waals surface area contributed by atoms with Gasteiger partial charge in [-0.15, -0.1) is 0 Å². The Labute approximate surface area is 92.6 Å². The number of primary amides is 1. The molecular weight excluding hydrogens is 192 g/mol. The van der Waals surface area contributed by atoms with Gasteiger partial charge >= 0.3 is 0 Å². The van der Waals surface area contributed by atoms with Crippen molar-refractivity contribution in [3.05, 3.63) is 0 Å². The minimum Gasteiger partial charge on any atom is -0.376 e. The number of carbonyl (C=O) groups excluding carboxylic acids is 1. The average Bonchev–Trinajstić information content (AvgIpc) is 1.99. The fraction of sp³-hybridized carbons (Fsp3) is 0.909. The third kappa shape index (κ3) is 8.39. The highest BCUT2D eigenvalue weighted by Gasteiger charge is 2.17. The van der Waals surface area contributed by atoms with Crippen LogP contribution < -0.4 is 11.1 Å². The highest BCUT2D eigenvalue weighted by atomic mass is 16.5. The lowest BCUT2D eigenvalue weighted by Crippen LogP contribution is -2.45. The van der Waals surface area contributed by atoms with E-state index in [0.29, 0.717) is 13.0 Å². The summed E-state index contributed by atoms with van der Waals surface area (Å²) in [6.07, 6.45) is 0.616. The molecule has 0 aromatic heterocycles. The third-order valence-electron chi connectivity index (χ3n) is 1.82. The highest BCUT2D eigenvalue weighted by Crippen LogP contribution is 2.07. The second-order valence-corrected chi connectivity index (χ2v) is 5.03. The number of hydrogen-bond acceptors (Lipinski definition) is 3. The van der Waals surface area contributed by atoms with Crippen LogP contribution in [0.2, 0.25) is 0 Å². The second-order valence-electron chi connectivity index (χ2n) is 5.03. The van der Waals surface area contributed by atoms with Gasteiger partial charge in [0.15, 0.2) is 0 Å². The number of ether oxygens (including phenoxy) is 1. The van der Waals surface area contributed by atoms with Crippen LogP contribution >= 0.6 is 0 Å². The molecule has 4 heteroatoms. The smallest absolute Gasteiger partial charge is 0.234 e. The molecule has 0 saturated heterocycles. The minimum atomic E-state index is -0.318. The summed E-state index contributed by atoms with van der Waals surface area (Å²) in [5.74, 6) is -0.318. The first-order chi connectivity index (χ1) is 6.72. The summed E-state index contributed by atoms with van der Waals surface area (Å²) in [6, 6.07) is -0.0514. The van der Waals surface area contributed by atoms with Gasteiger partial charge in [0.2, 0.25) is 5.91 Å². The van der Waals surface area contributed by atoms with Crippen molar-refractivity contribution in [1.82, 2.24) is 5.32 Å². The molecule has 0 rings (SSSR count). The molecule has 0 radical (unpaired) electrons. The second kappa shape index (κ2) is 6.08. The summed E-state index contributed by atoms with van der Waals surface area (Å²) < 4.78 is 5.54. The maximum Gasteiger partial charge on any atom is 0.234 e. The number of amides is 1. The minimum absolute atomic E-state index is 0.167. The quantitative estimate of drug-likeness (QED) is 0.697. The first-order valence-electron chi connectivity index (χ1n) is 5.41. The molecule has 0 spiro atoms. The van der Waals surface area contributed by atoms with Gasteiger partial charge in [0.05, 0.1) is 11.6 Å². The molecule has 1 atom stereocenters. The van der Waals surface area contributed by atoms with Crippen LogP contribution in [0.15, 0.2) is 0 Å². The molecule has 90 valence electrons. The maximum atomic E-state index is 11.1. The number of carbonyl (C=O) groups is 1. The molecule has 0 bridgehead atoms. The van der Waals surface area contributed by atoms with Crippen molar-refractivity contribution in [2.45, 2.75) is 58.7 Å². The molecule has 4 nitrogen and oxygen atoms in total. The Kier molecular flexibility index (Phi) is 5.83. The van der Waals surface area contributed by atoms with E-state index in [1.165, 1.54) is 0 Å². The van der Waals surface area contributed by atoms with Crippen LogP contribution in [-0.4, -0.2) is 30.2 Å². The molecule has 3 N–H and O–H groups in total. The number of rotatable bonds is 6. The number of nitrogens with two attached hydrogens (primary N) is 1. The molecule has 0 fully saturated rings. The average molecular weight is 216 g/mol. The van der Waals surface area contributed by atoms with Crippen molar-refractivity contribution in [3.63, 3.8) is 0 Å². The van der Waals surface area contributed by atoms with E-state index < -0.39 is 0 Å². The monoisotopic (exact) mass is 216 g/mol. The third-order valence-corrected chi connectivity index (χ3v) is 1.82. The summed E-state index contributed by atoms with van der Waals surface area (Å²) in [4.78, 5) is 11.1. The van der Waals surface area contributed by atoms with E-state index in [4.69, 9.17) is 10.5 Å². The van der Waals surface area contributed by atoms with E-state index in [1.54, 1.807) is 0 Å². The van der Waals surface area contributed by atoms with Crippen molar-refractivity contribution in [2.24, 2.45) is 5.73 Å². The Hall–Kier alpha value is -0.610. The van der Waals surface area contributed by atoms with E-state index in [2.05, 4.69) is 5.32 Å². The molecule has 0 aromatic carbocycles. The van der Waals surface area contributed by atoms with E-state index in [-0.39, 0.29) is 23.6 Å². The van der Waals surface area contributed by atoms with Gasteiger partial charge in [0.25, 0.3) is 0 Å². The largest absolute Gasteiger partial charge is 0.376 e.